The molecule has 0 spiro atoms. The van der Waals surface area contributed by atoms with E-state index in [1.807, 2.05) is 0 Å². The summed E-state index contributed by atoms with van der Waals surface area (Å²) >= 11 is 0. The second-order valence-electron chi connectivity index (χ2n) is 6.11. The van der Waals surface area contributed by atoms with Crippen molar-refractivity contribution < 1.29 is 23.5 Å². The molecule has 1 atom stereocenters. The zero-order valence-corrected chi connectivity index (χ0v) is 13.4. The van der Waals surface area contributed by atoms with Crippen LogP contribution in [0.1, 0.15) is 18.1 Å². The second-order valence-corrected chi connectivity index (χ2v) is 6.11. The molecule has 3 amide bonds. The first-order chi connectivity index (χ1) is 12.0. The molecular weight excluding hydrogens is 327 g/mol. The van der Waals surface area contributed by atoms with Gasteiger partial charge in [-0.15, -0.1) is 0 Å². The Morgan fingerprint density at radius 1 is 1.16 bits per heavy atom. The summed E-state index contributed by atoms with van der Waals surface area (Å²) in [5.74, 6) is 0.208. The molecule has 1 fully saturated rings. The summed E-state index contributed by atoms with van der Waals surface area (Å²) in [6, 6.07) is 10.6. The van der Waals surface area contributed by atoms with Crippen molar-refractivity contribution in [1.29, 1.82) is 0 Å². The molecule has 2 aliphatic rings. The number of ether oxygens (including phenoxy) is 2. The fourth-order valence-corrected chi connectivity index (χ4v) is 3.04. The number of amides is 3. The second kappa shape index (κ2) is 5.47. The van der Waals surface area contributed by atoms with Crippen LogP contribution in [0.3, 0.4) is 0 Å². The van der Waals surface area contributed by atoms with Crippen LogP contribution in [0.25, 0.3) is 0 Å². The number of imide groups is 1. The van der Waals surface area contributed by atoms with Crippen molar-refractivity contribution >= 4 is 11.9 Å². The normalized spacial score (nSPS) is 21.6. The Morgan fingerprint density at radius 2 is 1.92 bits per heavy atom. The van der Waals surface area contributed by atoms with Gasteiger partial charge in [-0.2, -0.15) is 0 Å². The van der Waals surface area contributed by atoms with E-state index in [0.717, 1.165) is 4.90 Å². The van der Waals surface area contributed by atoms with E-state index in [9.17, 15) is 14.0 Å². The van der Waals surface area contributed by atoms with Gasteiger partial charge in [0.25, 0.3) is 5.91 Å². The lowest BCUT2D eigenvalue weighted by Gasteiger charge is -2.22. The lowest BCUT2D eigenvalue weighted by atomic mass is 9.91. The predicted octanol–water partition coefficient (Wildman–Crippen LogP) is 2.52. The topological polar surface area (TPSA) is 67.9 Å². The lowest BCUT2D eigenvalue weighted by Crippen LogP contribution is -2.40. The first-order valence-corrected chi connectivity index (χ1v) is 7.77. The van der Waals surface area contributed by atoms with E-state index in [0.29, 0.717) is 17.1 Å². The first kappa shape index (κ1) is 15.4. The van der Waals surface area contributed by atoms with Crippen molar-refractivity contribution in [3.63, 3.8) is 0 Å². The van der Waals surface area contributed by atoms with Gasteiger partial charge in [0.05, 0.1) is 6.54 Å². The summed E-state index contributed by atoms with van der Waals surface area (Å²) in [4.78, 5) is 26.3. The molecule has 25 heavy (non-hydrogen) atoms. The third-order valence-corrected chi connectivity index (χ3v) is 4.51. The largest absolute Gasteiger partial charge is 0.454 e. The molecule has 0 bridgehead atoms. The molecule has 2 aromatic rings. The molecule has 0 radical (unpaired) electrons. The molecule has 2 aromatic carbocycles. The average Bonchev–Trinajstić information content (AvgIpc) is 3.15. The van der Waals surface area contributed by atoms with Crippen LogP contribution in [0, 0.1) is 5.82 Å². The zero-order chi connectivity index (χ0) is 17.6. The van der Waals surface area contributed by atoms with E-state index in [2.05, 4.69) is 5.32 Å². The highest BCUT2D eigenvalue weighted by Gasteiger charge is 2.49. The number of nitrogens with zero attached hydrogens (tertiary/aromatic N) is 1. The fourth-order valence-electron chi connectivity index (χ4n) is 3.04. The van der Waals surface area contributed by atoms with Gasteiger partial charge in [0.1, 0.15) is 11.4 Å². The van der Waals surface area contributed by atoms with Gasteiger partial charge < -0.3 is 14.8 Å². The Bertz CT molecular complexity index is 885. The van der Waals surface area contributed by atoms with Crippen LogP contribution < -0.4 is 14.8 Å². The number of urea groups is 1. The summed E-state index contributed by atoms with van der Waals surface area (Å²) in [5, 5.41) is 2.70. The van der Waals surface area contributed by atoms with Crippen molar-refractivity contribution in [3.05, 3.63) is 59.4 Å². The minimum atomic E-state index is -1.25. The number of carbonyl (C=O) groups is 2. The van der Waals surface area contributed by atoms with Crippen LogP contribution >= 0.6 is 0 Å². The summed E-state index contributed by atoms with van der Waals surface area (Å²) in [5.41, 5.74) is -0.393. The third-order valence-electron chi connectivity index (χ3n) is 4.51. The van der Waals surface area contributed by atoms with Crippen LogP contribution in [0.2, 0.25) is 0 Å². The highest BCUT2D eigenvalue weighted by Crippen LogP contribution is 2.38. The molecule has 2 aliphatic heterocycles. The van der Waals surface area contributed by atoms with Gasteiger partial charge in [-0.25, -0.2) is 9.18 Å². The summed E-state index contributed by atoms with van der Waals surface area (Å²) in [7, 11) is 0. The highest BCUT2D eigenvalue weighted by atomic mass is 19.1. The Kier molecular flexibility index (Phi) is 3.38. The van der Waals surface area contributed by atoms with E-state index in [4.69, 9.17) is 9.47 Å². The SMILES string of the molecule is C[C@@]1(c2ccc3c(c2)OCO3)NC(=O)N(Cc2ccccc2F)C1=O. The molecule has 2 heterocycles. The fraction of sp³-hybridized carbons (Fsp3) is 0.222. The number of nitrogens with one attached hydrogen (secondary N) is 1. The van der Waals surface area contributed by atoms with Crippen molar-refractivity contribution in [2.24, 2.45) is 0 Å². The maximum absolute atomic E-state index is 13.9. The smallest absolute Gasteiger partial charge is 0.325 e. The number of hydrogen-bond donors (Lipinski definition) is 1. The number of rotatable bonds is 3. The Labute approximate surface area is 143 Å². The minimum Gasteiger partial charge on any atom is -0.454 e. The van der Waals surface area contributed by atoms with Gasteiger partial charge in [0, 0.05) is 5.56 Å². The quantitative estimate of drug-likeness (QED) is 0.871. The molecule has 0 aliphatic carbocycles. The molecule has 4 rings (SSSR count). The number of benzene rings is 2. The van der Waals surface area contributed by atoms with Crippen LogP contribution in [0.15, 0.2) is 42.5 Å². The Hall–Kier alpha value is -3.09. The van der Waals surface area contributed by atoms with Gasteiger partial charge in [-0.3, -0.25) is 9.69 Å². The van der Waals surface area contributed by atoms with Crippen molar-refractivity contribution in [3.8, 4) is 11.5 Å². The third kappa shape index (κ3) is 2.39. The average molecular weight is 342 g/mol. The Morgan fingerprint density at radius 3 is 2.72 bits per heavy atom. The minimum absolute atomic E-state index is 0.120. The monoisotopic (exact) mass is 342 g/mol. The molecule has 6 nitrogen and oxygen atoms in total. The summed E-state index contributed by atoms with van der Waals surface area (Å²) in [6.07, 6.45) is 0. The summed E-state index contributed by atoms with van der Waals surface area (Å²) < 4.78 is 24.5. The molecule has 7 heteroatoms. The number of hydrogen-bond acceptors (Lipinski definition) is 4. The van der Waals surface area contributed by atoms with E-state index in [-0.39, 0.29) is 18.9 Å². The van der Waals surface area contributed by atoms with Crippen molar-refractivity contribution in [2.75, 3.05) is 6.79 Å². The van der Waals surface area contributed by atoms with E-state index in [1.54, 1.807) is 43.3 Å². The maximum atomic E-state index is 13.9. The van der Waals surface area contributed by atoms with Gasteiger partial charge in [0.15, 0.2) is 11.5 Å². The number of fused-ring (bicyclic) bond motifs is 1. The first-order valence-electron chi connectivity index (χ1n) is 7.77. The molecule has 0 aromatic heterocycles. The van der Waals surface area contributed by atoms with E-state index >= 15 is 0 Å². The Balaban J connectivity index is 1.65. The highest BCUT2D eigenvalue weighted by molar-refractivity contribution is 6.07. The van der Waals surface area contributed by atoms with Crippen LogP contribution in [0.4, 0.5) is 9.18 Å². The van der Waals surface area contributed by atoms with Gasteiger partial charge in [-0.1, -0.05) is 24.3 Å². The van der Waals surface area contributed by atoms with Crippen molar-refractivity contribution in [2.45, 2.75) is 19.0 Å². The molecule has 128 valence electrons. The number of carbonyl (C=O) groups excluding carboxylic acids is 2. The molecular formula is C18H15FN2O4. The van der Waals surface area contributed by atoms with Crippen LogP contribution in [-0.2, 0) is 16.9 Å². The molecule has 0 saturated carbocycles. The maximum Gasteiger partial charge on any atom is 0.325 e. The van der Waals surface area contributed by atoms with Gasteiger partial charge in [0.2, 0.25) is 6.79 Å². The van der Waals surface area contributed by atoms with Crippen LogP contribution in [0.5, 0.6) is 11.5 Å². The molecule has 1 N–H and O–H groups in total. The van der Waals surface area contributed by atoms with E-state index < -0.39 is 23.3 Å². The van der Waals surface area contributed by atoms with Gasteiger partial charge >= 0.3 is 6.03 Å². The number of halogens is 1. The van der Waals surface area contributed by atoms with Gasteiger partial charge in [-0.05, 0) is 30.7 Å². The molecule has 1 saturated heterocycles. The summed E-state index contributed by atoms with van der Waals surface area (Å²) in [6.45, 7) is 1.61. The lowest BCUT2D eigenvalue weighted by molar-refractivity contribution is -0.131. The van der Waals surface area contributed by atoms with Crippen LogP contribution in [-0.4, -0.2) is 23.6 Å². The zero-order valence-electron chi connectivity index (χ0n) is 13.4. The predicted molar refractivity (Wildman–Crippen MR) is 85.4 cm³/mol. The molecule has 0 unspecified atom stereocenters. The van der Waals surface area contributed by atoms with Crippen molar-refractivity contribution in [1.82, 2.24) is 10.2 Å². The standard InChI is InChI=1S/C18H15FN2O4/c1-18(12-6-7-14-15(8-12)25-10-24-14)16(22)21(17(23)20-18)9-11-4-2-3-5-13(11)19/h2-8H,9-10H2,1H3,(H,20,23)/t18-/m0/s1. The van der Waals surface area contributed by atoms with E-state index in [1.165, 1.54) is 6.07 Å².